The Kier molecular flexibility index (Phi) is 6.29. The minimum Gasteiger partial charge on any atom is -0.497 e. The van der Waals surface area contributed by atoms with Crippen molar-refractivity contribution in [2.45, 2.75) is 10.6 Å². The molecule has 0 bridgehead atoms. The van der Waals surface area contributed by atoms with Gasteiger partial charge in [-0.3, -0.25) is 14.9 Å². The van der Waals surface area contributed by atoms with Crippen molar-refractivity contribution < 1.29 is 14.5 Å². The lowest BCUT2D eigenvalue weighted by atomic mass is 10.2. The molecule has 0 radical (unpaired) electrons. The number of nitrogens with one attached hydrogen (secondary N) is 1. The number of amides is 1. The molecule has 0 saturated carbocycles. The standard InChI is InChI=1S/C21H18N2O4S/c1-27-18-10-7-16(8-11-18)22-21(24)19-12-9-17(23(25)26)13-20(19)28-14-15-5-3-2-4-6-15/h2-13H,14H2,1H3,(H,22,24). The molecule has 28 heavy (non-hydrogen) atoms. The maximum Gasteiger partial charge on any atom is 0.270 e. The Morgan fingerprint density at radius 3 is 2.43 bits per heavy atom. The van der Waals surface area contributed by atoms with E-state index in [4.69, 9.17) is 4.74 Å². The third-order valence-corrected chi connectivity index (χ3v) is 5.13. The maximum atomic E-state index is 12.8. The fraction of sp³-hybridized carbons (Fsp3) is 0.0952. The number of benzene rings is 3. The molecule has 1 N–H and O–H groups in total. The summed E-state index contributed by atoms with van der Waals surface area (Å²) in [7, 11) is 1.57. The molecule has 0 aliphatic heterocycles. The first-order valence-electron chi connectivity index (χ1n) is 8.47. The van der Waals surface area contributed by atoms with Gasteiger partial charge in [0.25, 0.3) is 11.6 Å². The lowest BCUT2D eigenvalue weighted by Crippen LogP contribution is -2.13. The van der Waals surface area contributed by atoms with E-state index in [-0.39, 0.29) is 11.6 Å². The van der Waals surface area contributed by atoms with Crippen molar-refractivity contribution in [2.75, 3.05) is 12.4 Å². The smallest absolute Gasteiger partial charge is 0.270 e. The van der Waals surface area contributed by atoms with Crippen LogP contribution in [0.3, 0.4) is 0 Å². The Morgan fingerprint density at radius 1 is 1.07 bits per heavy atom. The number of hydrogen-bond donors (Lipinski definition) is 1. The van der Waals surface area contributed by atoms with Crippen molar-refractivity contribution in [2.24, 2.45) is 0 Å². The summed E-state index contributed by atoms with van der Waals surface area (Å²) in [5.41, 5.74) is 2.03. The number of nitro groups is 1. The van der Waals surface area contributed by atoms with Crippen molar-refractivity contribution in [1.29, 1.82) is 0 Å². The van der Waals surface area contributed by atoms with Gasteiger partial charge in [0.2, 0.25) is 0 Å². The quantitative estimate of drug-likeness (QED) is 0.340. The highest BCUT2D eigenvalue weighted by Crippen LogP contribution is 2.30. The molecule has 3 aromatic rings. The molecular weight excluding hydrogens is 376 g/mol. The van der Waals surface area contributed by atoms with Gasteiger partial charge in [0.1, 0.15) is 5.75 Å². The molecule has 0 heterocycles. The minimum atomic E-state index is -0.461. The van der Waals surface area contributed by atoms with E-state index in [1.807, 2.05) is 30.3 Å². The molecular formula is C21H18N2O4S. The van der Waals surface area contributed by atoms with Crippen LogP contribution in [0.4, 0.5) is 11.4 Å². The van der Waals surface area contributed by atoms with E-state index >= 15 is 0 Å². The van der Waals surface area contributed by atoms with E-state index in [0.717, 1.165) is 5.56 Å². The Morgan fingerprint density at radius 2 is 1.79 bits per heavy atom. The van der Waals surface area contributed by atoms with Gasteiger partial charge in [0, 0.05) is 28.5 Å². The van der Waals surface area contributed by atoms with Gasteiger partial charge in [0.05, 0.1) is 17.6 Å². The fourth-order valence-corrected chi connectivity index (χ4v) is 3.57. The van der Waals surface area contributed by atoms with Gasteiger partial charge in [0.15, 0.2) is 0 Å². The summed E-state index contributed by atoms with van der Waals surface area (Å²) >= 11 is 1.39. The first-order valence-corrected chi connectivity index (χ1v) is 9.46. The molecule has 0 aliphatic carbocycles. The van der Waals surface area contributed by atoms with Crippen LogP contribution in [0.1, 0.15) is 15.9 Å². The van der Waals surface area contributed by atoms with Crippen LogP contribution < -0.4 is 10.1 Å². The number of hydrogen-bond acceptors (Lipinski definition) is 5. The summed E-state index contributed by atoms with van der Waals surface area (Å²) in [6, 6.07) is 21.0. The van der Waals surface area contributed by atoms with Crippen LogP contribution in [-0.4, -0.2) is 17.9 Å². The van der Waals surface area contributed by atoms with E-state index in [1.165, 1.54) is 30.0 Å². The zero-order valence-corrected chi connectivity index (χ0v) is 15.9. The van der Waals surface area contributed by atoms with E-state index in [9.17, 15) is 14.9 Å². The van der Waals surface area contributed by atoms with Gasteiger partial charge in [-0.25, -0.2) is 0 Å². The highest BCUT2D eigenvalue weighted by atomic mass is 32.2. The molecule has 0 aliphatic rings. The molecule has 1 amide bonds. The lowest BCUT2D eigenvalue weighted by Gasteiger charge is -2.11. The van der Waals surface area contributed by atoms with E-state index in [2.05, 4.69) is 5.32 Å². The minimum absolute atomic E-state index is 0.0449. The molecule has 0 aromatic heterocycles. The van der Waals surface area contributed by atoms with E-state index in [0.29, 0.717) is 27.6 Å². The summed E-state index contributed by atoms with van der Waals surface area (Å²) in [4.78, 5) is 24.0. The third kappa shape index (κ3) is 4.89. The lowest BCUT2D eigenvalue weighted by molar-refractivity contribution is -0.385. The SMILES string of the molecule is COc1ccc(NC(=O)c2ccc([N+](=O)[O-])cc2SCc2ccccc2)cc1. The largest absolute Gasteiger partial charge is 0.497 e. The van der Waals surface area contributed by atoms with E-state index in [1.54, 1.807) is 31.4 Å². The van der Waals surface area contributed by atoms with Crippen LogP contribution >= 0.6 is 11.8 Å². The molecule has 142 valence electrons. The number of thioether (sulfide) groups is 1. The molecule has 0 unspecified atom stereocenters. The highest BCUT2D eigenvalue weighted by Gasteiger charge is 2.17. The normalized spacial score (nSPS) is 10.3. The zero-order valence-electron chi connectivity index (χ0n) is 15.1. The van der Waals surface area contributed by atoms with Gasteiger partial charge in [-0.1, -0.05) is 30.3 Å². The third-order valence-electron chi connectivity index (χ3n) is 4.01. The Balaban J connectivity index is 1.83. The number of methoxy groups -OCH3 is 1. The second kappa shape index (κ2) is 9.05. The Labute approximate surface area is 166 Å². The first kappa shape index (κ1) is 19.4. The van der Waals surface area contributed by atoms with Crippen molar-refractivity contribution in [3.05, 3.63) is 94.0 Å². The average Bonchev–Trinajstić information content (AvgIpc) is 2.73. The average molecular weight is 394 g/mol. The zero-order chi connectivity index (χ0) is 19.9. The number of nitro benzene ring substituents is 1. The van der Waals surface area contributed by atoms with Crippen LogP contribution in [0.15, 0.2) is 77.7 Å². The molecule has 0 fully saturated rings. The van der Waals surface area contributed by atoms with Crippen LogP contribution in [-0.2, 0) is 5.75 Å². The number of carbonyl (C=O) groups excluding carboxylic acids is 1. The van der Waals surface area contributed by atoms with Gasteiger partial charge < -0.3 is 10.1 Å². The molecule has 7 heteroatoms. The van der Waals surface area contributed by atoms with Crippen LogP contribution in [0.25, 0.3) is 0 Å². The second-order valence-electron chi connectivity index (χ2n) is 5.89. The van der Waals surface area contributed by atoms with Crippen molar-refractivity contribution in [3.8, 4) is 5.75 Å². The predicted molar refractivity (Wildman–Crippen MR) is 110 cm³/mol. The van der Waals surface area contributed by atoms with Crippen molar-refractivity contribution in [1.82, 2.24) is 0 Å². The number of non-ortho nitro benzene ring substituents is 1. The fourth-order valence-electron chi connectivity index (χ4n) is 2.54. The monoisotopic (exact) mass is 394 g/mol. The highest BCUT2D eigenvalue weighted by molar-refractivity contribution is 7.98. The molecule has 6 nitrogen and oxygen atoms in total. The topological polar surface area (TPSA) is 81.5 Å². The first-order chi connectivity index (χ1) is 13.6. The van der Waals surface area contributed by atoms with Crippen molar-refractivity contribution in [3.63, 3.8) is 0 Å². The Bertz CT molecular complexity index is 975. The predicted octanol–water partition coefficient (Wildman–Crippen LogP) is 5.15. The molecule has 0 atom stereocenters. The summed E-state index contributed by atoms with van der Waals surface area (Å²) in [6.07, 6.45) is 0. The second-order valence-corrected chi connectivity index (χ2v) is 6.91. The number of rotatable bonds is 7. The molecule has 3 rings (SSSR count). The molecule has 3 aromatic carbocycles. The number of anilines is 1. The Hall–Kier alpha value is -3.32. The summed E-state index contributed by atoms with van der Waals surface area (Å²) in [5.74, 6) is 0.966. The number of carbonyl (C=O) groups is 1. The van der Waals surface area contributed by atoms with E-state index < -0.39 is 4.92 Å². The summed E-state index contributed by atoms with van der Waals surface area (Å²) < 4.78 is 5.11. The molecule has 0 saturated heterocycles. The summed E-state index contributed by atoms with van der Waals surface area (Å²) in [6.45, 7) is 0. The van der Waals surface area contributed by atoms with Gasteiger partial charge in [-0.15, -0.1) is 11.8 Å². The van der Waals surface area contributed by atoms with Crippen LogP contribution in [0.5, 0.6) is 5.75 Å². The maximum absolute atomic E-state index is 12.8. The van der Waals surface area contributed by atoms with Gasteiger partial charge in [-0.05, 0) is 35.9 Å². The van der Waals surface area contributed by atoms with Crippen LogP contribution in [0.2, 0.25) is 0 Å². The van der Waals surface area contributed by atoms with Gasteiger partial charge >= 0.3 is 0 Å². The van der Waals surface area contributed by atoms with Crippen LogP contribution in [0, 0.1) is 10.1 Å². The summed E-state index contributed by atoms with van der Waals surface area (Å²) in [5, 5.41) is 14.0. The van der Waals surface area contributed by atoms with Crippen molar-refractivity contribution >= 4 is 29.0 Å². The number of ether oxygens (including phenoxy) is 1. The van der Waals surface area contributed by atoms with Gasteiger partial charge in [-0.2, -0.15) is 0 Å². The molecule has 0 spiro atoms. The number of nitrogens with zero attached hydrogens (tertiary/aromatic N) is 1.